The number of hydrogen-bond donors (Lipinski definition) is 0. The molecule has 2 heterocycles. The first-order valence-electron chi connectivity index (χ1n) is 4.04. The molecule has 2 aromatic heterocycles. The van der Waals surface area contributed by atoms with Crippen molar-refractivity contribution in [1.29, 1.82) is 0 Å². The van der Waals surface area contributed by atoms with Gasteiger partial charge in [0, 0.05) is 0 Å². The number of thiophene rings is 1. The maximum absolute atomic E-state index is 11.7. The van der Waals surface area contributed by atoms with Gasteiger partial charge >= 0.3 is 0 Å². The summed E-state index contributed by atoms with van der Waals surface area (Å²) < 4.78 is 5.24. The van der Waals surface area contributed by atoms with Crippen LogP contribution in [0.3, 0.4) is 0 Å². The molecule has 0 unspecified atom stereocenters. The van der Waals surface area contributed by atoms with Gasteiger partial charge in [-0.25, -0.2) is 0 Å². The maximum atomic E-state index is 11.7. The highest BCUT2D eigenvalue weighted by molar-refractivity contribution is 7.12. The lowest BCUT2D eigenvalue weighted by molar-refractivity contribution is 0.101. The quantitative estimate of drug-likeness (QED) is 0.594. The standard InChI is InChI=1S/C10H7ClO2S/c11-6-7-3-4-8(13-7)10(12)9-2-1-5-14-9/h1-5H,6H2. The van der Waals surface area contributed by atoms with Crippen molar-refractivity contribution >= 4 is 28.7 Å². The van der Waals surface area contributed by atoms with E-state index in [4.69, 9.17) is 16.0 Å². The second-order valence-corrected chi connectivity index (χ2v) is 3.92. The number of alkyl halides is 1. The Kier molecular flexibility index (Phi) is 2.70. The van der Waals surface area contributed by atoms with E-state index in [2.05, 4.69) is 0 Å². The van der Waals surface area contributed by atoms with Gasteiger partial charge < -0.3 is 4.42 Å². The number of furan rings is 1. The zero-order valence-electron chi connectivity index (χ0n) is 7.20. The van der Waals surface area contributed by atoms with E-state index in [-0.39, 0.29) is 11.7 Å². The van der Waals surface area contributed by atoms with Gasteiger partial charge in [0.05, 0.1) is 10.8 Å². The average Bonchev–Trinajstić information content (AvgIpc) is 2.88. The Labute approximate surface area is 90.1 Å². The van der Waals surface area contributed by atoms with Crippen LogP contribution in [0.4, 0.5) is 0 Å². The van der Waals surface area contributed by atoms with Gasteiger partial charge in [-0.05, 0) is 23.6 Å². The molecular formula is C10H7ClO2S. The molecule has 0 atom stereocenters. The second-order valence-electron chi connectivity index (χ2n) is 2.71. The zero-order valence-corrected chi connectivity index (χ0v) is 8.77. The molecule has 2 nitrogen and oxygen atoms in total. The third kappa shape index (κ3) is 1.74. The zero-order chi connectivity index (χ0) is 9.97. The molecule has 0 aromatic carbocycles. The average molecular weight is 227 g/mol. The van der Waals surface area contributed by atoms with Gasteiger partial charge in [0.2, 0.25) is 5.78 Å². The molecule has 2 rings (SSSR count). The summed E-state index contributed by atoms with van der Waals surface area (Å²) in [6.45, 7) is 0. The summed E-state index contributed by atoms with van der Waals surface area (Å²) in [6.07, 6.45) is 0. The van der Waals surface area contributed by atoms with E-state index in [0.717, 1.165) is 0 Å². The second kappa shape index (κ2) is 3.98. The van der Waals surface area contributed by atoms with Crippen LogP contribution < -0.4 is 0 Å². The van der Waals surface area contributed by atoms with Crippen LogP contribution in [0.5, 0.6) is 0 Å². The summed E-state index contributed by atoms with van der Waals surface area (Å²) in [5.74, 6) is 1.17. The summed E-state index contributed by atoms with van der Waals surface area (Å²) in [5, 5.41) is 1.86. The first-order chi connectivity index (χ1) is 6.81. The highest BCUT2D eigenvalue weighted by atomic mass is 35.5. The lowest BCUT2D eigenvalue weighted by Crippen LogP contribution is -1.95. The van der Waals surface area contributed by atoms with Gasteiger partial charge in [0.25, 0.3) is 0 Å². The van der Waals surface area contributed by atoms with Crippen LogP contribution >= 0.6 is 22.9 Å². The van der Waals surface area contributed by atoms with E-state index >= 15 is 0 Å². The lowest BCUT2D eigenvalue weighted by atomic mass is 10.2. The van der Waals surface area contributed by atoms with Crippen LogP contribution in [0.25, 0.3) is 0 Å². The van der Waals surface area contributed by atoms with E-state index in [0.29, 0.717) is 16.4 Å². The Balaban J connectivity index is 2.28. The molecule has 0 fully saturated rings. The predicted octanol–water partition coefficient (Wildman–Crippen LogP) is 3.31. The van der Waals surface area contributed by atoms with E-state index in [1.54, 1.807) is 18.2 Å². The van der Waals surface area contributed by atoms with Crippen molar-refractivity contribution in [3.8, 4) is 0 Å². The number of hydrogen-bond acceptors (Lipinski definition) is 3. The minimum absolute atomic E-state index is 0.0867. The van der Waals surface area contributed by atoms with Crippen molar-refractivity contribution in [2.75, 3.05) is 0 Å². The first-order valence-corrected chi connectivity index (χ1v) is 5.45. The van der Waals surface area contributed by atoms with Crippen LogP contribution in [0, 0.1) is 0 Å². The van der Waals surface area contributed by atoms with Crippen molar-refractivity contribution in [3.05, 3.63) is 46.0 Å². The molecule has 0 saturated carbocycles. The summed E-state index contributed by atoms with van der Waals surface area (Å²) in [5.41, 5.74) is 0. The monoisotopic (exact) mass is 226 g/mol. The van der Waals surface area contributed by atoms with Crippen LogP contribution in [-0.4, -0.2) is 5.78 Å². The Hall–Kier alpha value is -1.06. The van der Waals surface area contributed by atoms with Crippen molar-refractivity contribution in [2.24, 2.45) is 0 Å². The summed E-state index contributed by atoms with van der Waals surface area (Å²) in [4.78, 5) is 12.4. The van der Waals surface area contributed by atoms with Crippen LogP contribution in [0.1, 0.15) is 21.2 Å². The molecule has 14 heavy (non-hydrogen) atoms. The van der Waals surface area contributed by atoms with Crippen molar-refractivity contribution in [1.82, 2.24) is 0 Å². The number of halogens is 1. The molecular weight excluding hydrogens is 220 g/mol. The van der Waals surface area contributed by atoms with E-state index < -0.39 is 0 Å². The number of ketones is 1. The molecule has 0 saturated heterocycles. The molecule has 2 aromatic rings. The molecule has 0 aliphatic heterocycles. The number of carbonyl (C=O) groups is 1. The minimum atomic E-state index is -0.0867. The Morgan fingerprint density at radius 1 is 1.43 bits per heavy atom. The number of rotatable bonds is 3. The minimum Gasteiger partial charge on any atom is -0.456 e. The molecule has 0 aliphatic carbocycles. The molecule has 0 aliphatic rings. The molecule has 72 valence electrons. The largest absolute Gasteiger partial charge is 0.456 e. The molecule has 0 radical (unpaired) electrons. The van der Waals surface area contributed by atoms with Gasteiger partial charge in [0.1, 0.15) is 5.76 Å². The normalized spacial score (nSPS) is 10.4. The number of carbonyl (C=O) groups excluding carboxylic acids is 1. The Morgan fingerprint density at radius 3 is 2.86 bits per heavy atom. The predicted molar refractivity (Wildman–Crippen MR) is 56.0 cm³/mol. The van der Waals surface area contributed by atoms with Crippen LogP contribution in [0.2, 0.25) is 0 Å². The molecule has 0 spiro atoms. The SMILES string of the molecule is O=C(c1ccc(CCl)o1)c1cccs1. The highest BCUT2D eigenvalue weighted by Gasteiger charge is 2.13. The van der Waals surface area contributed by atoms with Crippen molar-refractivity contribution in [3.63, 3.8) is 0 Å². The van der Waals surface area contributed by atoms with Crippen molar-refractivity contribution < 1.29 is 9.21 Å². The topological polar surface area (TPSA) is 30.2 Å². The fraction of sp³-hybridized carbons (Fsp3) is 0.100. The molecule has 0 N–H and O–H groups in total. The van der Waals surface area contributed by atoms with E-state index in [9.17, 15) is 4.79 Å². The third-order valence-corrected chi connectivity index (χ3v) is 2.89. The van der Waals surface area contributed by atoms with Crippen LogP contribution in [0.15, 0.2) is 34.1 Å². The van der Waals surface area contributed by atoms with Gasteiger partial charge in [-0.1, -0.05) is 6.07 Å². The summed E-state index contributed by atoms with van der Waals surface area (Å²) in [6, 6.07) is 6.98. The van der Waals surface area contributed by atoms with Crippen LogP contribution in [-0.2, 0) is 5.88 Å². The molecule has 0 amide bonds. The lowest BCUT2D eigenvalue weighted by Gasteiger charge is -1.91. The summed E-state index contributed by atoms with van der Waals surface area (Å²) in [7, 11) is 0. The van der Waals surface area contributed by atoms with E-state index in [1.165, 1.54) is 11.3 Å². The Morgan fingerprint density at radius 2 is 2.29 bits per heavy atom. The van der Waals surface area contributed by atoms with Crippen molar-refractivity contribution in [2.45, 2.75) is 5.88 Å². The fourth-order valence-electron chi connectivity index (χ4n) is 1.10. The smallest absolute Gasteiger partial charge is 0.238 e. The maximum Gasteiger partial charge on any atom is 0.238 e. The van der Waals surface area contributed by atoms with Gasteiger partial charge in [-0.3, -0.25) is 4.79 Å². The Bertz CT molecular complexity index is 431. The fourth-order valence-corrected chi connectivity index (χ4v) is 1.91. The molecule has 4 heteroatoms. The third-order valence-electron chi connectivity index (χ3n) is 1.76. The van der Waals surface area contributed by atoms with E-state index in [1.807, 2.05) is 11.4 Å². The highest BCUT2D eigenvalue weighted by Crippen LogP contribution is 2.17. The van der Waals surface area contributed by atoms with Gasteiger partial charge in [-0.2, -0.15) is 0 Å². The van der Waals surface area contributed by atoms with Gasteiger partial charge in [0.15, 0.2) is 5.76 Å². The van der Waals surface area contributed by atoms with Gasteiger partial charge in [-0.15, -0.1) is 22.9 Å². The summed E-state index contributed by atoms with van der Waals surface area (Å²) >= 11 is 6.97. The first kappa shape index (κ1) is 9.49. The molecule has 0 bridgehead atoms.